The number of nitrogens with zero attached hydrogens (tertiary/aromatic N) is 1. The van der Waals surface area contributed by atoms with Crippen LogP contribution in [0.4, 0.5) is 18.9 Å². The molecule has 1 saturated carbocycles. The van der Waals surface area contributed by atoms with E-state index in [4.69, 9.17) is 5.73 Å². The summed E-state index contributed by atoms with van der Waals surface area (Å²) < 4.78 is 38.2. The lowest BCUT2D eigenvalue weighted by Crippen LogP contribution is -2.36. The monoisotopic (exact) mass is 300 g/mol. The van der Waals surface area contributed by atoms with Crippen molar-refractivity contribution in [2.75, 3.05) is 11.4 Å². The first-order valence-electron chi connectivity index (χ1n) is 7.48. The van der Waals surface area contributed by atoms with Crippen molar-refractivity contribution >= 4 is 5.69 Å². The zero-order chi connectivity index (χ0) is 15.6. The quantitative estimate of drug-likeness (QED) is 0.865. The average molecular weight is 300 g/mol. The number of rotatable bonds is 6. The molecule has 1 aromatic rings. The van der Waals surface area contributed by atoms with E-state index < -0.39 is 12.7 Å². The van der Waals surface area contributed by atoms with E-state index in [1.54, 1.807) is 6.07 Å². The van der Waals surface area contributed by atoms with Crippen molar-refractivity contribution in [2.24, 2.45) is 5.73 Å². The van der Waals surface area contributed by atoms with Crippen molar-refractivity contribution in [1.29, 1.82) is 0 Å². The van der Waals surface area contributed by atoms with Crippen LogP contribution in [0.25, 0.3) is 0 Å². The lowest BCUT2D eigenvalue weighted by atomic mass is 9.99. The zero-order valence-corrected chi connectivity index (χ0v) is 12.6. The number of benzene rings is 1. The van der Waals surface area contributed by atoms with Crippen LogP contribution in [0.3, 0.4) is 0 Å². The second-order valence-corrected chi connectivity index (χ2v) is 5.96. The molecule has 0 aromatic heterocycles. The van der Waals surface area contributed by atoms with Gasteiger partial charge in [0.15, 0.2) is 0 Å². The second-order valence-electron chi connectivity index (χ2n) is 5.96. The van der Waals surface area contributed by atoms with Gasteiger partial charge in [-0.25, -0.2) is 0 Å². The summed E-state index contributed by atoms with van der Waals surface area (Å²) in [4.78, 5) is 1.48. The van der Waals surface area contributed by atoms with Gasteiger partial charge in [-0.3, -0.25) is 0 Å². The highest BCUT2D eigenvalue weighted by atomic mass is 19.4. The van der Waals surface area contributed by atoms with Crippen molar-refractivity contribution in [3.8, 4) is 0 Å². The molecular formula is C16H23F3N2. The molecule has 118 valence electrons. The van der Waals surface area contributed by atoms with Crippen molar-refractivity contribution in [3.05, 3.63) is 29.3 Å². The smallest absolute Gasteiger partial charge is 0.360 e. The average Bonchev–Trinajstić information content (AvgIpc) is 3.21. The third kappa shape index (κ3) is 4.63. The Morgan fingerprint density at radius 3 is 2.48 bits per heavy atom. The Bertz CT molecular complexity index is 481. The summed E-state index contributed by atoms with van der Waals surface area (Å²) in [6.45, 7) is 3.11. The minimum atomic E-state index is -4.17. The van der Waals surface area contributed by atoms with Gasteiger partial charge in [0.05, 0.1) is 0 Å². The second kappa shape index (κ2) is 6.26. The molecule has 2 rings (SSSR count). The van der Waals surface area contributed by atoms with Gasteiger partial charge in [0, 0.05) is 17.8 Å². The van der Waals surface area contributed by atoms with E-state index >= 15 is 0 Å². The van der Waals surface area contributed by atoms with Gasteiger partial charge in [-0.05, 0) is 55.9 Å². The van der Waals surface area contributed by atoms with Gasteiger partial charge in [0.1, 0.15) is 6.54 Å². The minimum Gasteiger partial charge on any atom is -0.360 e. The summed E-state index contributed by atoms with van der Waals surface area (Å²) in [5, 5.41) is 0. The number of nitrogens with two attached hydrogens (primary N) is 1. The molecule has 0 heterocycles. The number of anilines is 1. The largest absolute Gasteiger partial charge is 0.405 e. The molecule has 0 bridgehead atoms. The normalized spacial score (nSPS) is 16.9. The van der Waals surface area contributed by atoms with Crippen LogP contribution in [-0.4, -0.2) is 24.8 Å². The Balaban J connectivity index is 2.16. The third-order valence-corrected chi connectivity index (χ3v) is 4.00. The topological polar surface area (TPSA) is 29.3 Å². The van der Waals surface area contributed by atoms with E-state index in [2.05, 4.69) is 0 Å². The molecule has 21 heavy (non-hydrogen) atoms. The molecule has 2 N–H and O–H groups in total. The van der Waals surface area contributed by atoms with E-state index in [-0.39, 0.29) is 12.1 Å². The molecule has 0 radical (unpaired) electrons. The van der Waals surface area contributed by atoms with Crippen molar-refractivity contribution in [1.82, 2.24) is 0 Å². The highest BCUT2D eigenvalue weighted by Crippen LogP contribution is 2.35. The van der Waals surface area contributed by atoms with Gasteiger partial charge >= 0.3 is 6.18 Å². The Morgan fingerprint density at radius 1 is 1.33 bits per heavy atom. The summed E-state index contributed by atoms with van der Waals surface area (Å²) in [5.74, 6) is 0. The Morgan fingerprint density at radius 2 is 2.00 bits per heavy atom. The third-order valence-electron chi connectivity index (χ3n) is 4.00. The summed E-state index contributed by atoms with van der Waals surface area (Å²) in [7, 11) is 0. The Hall–Kier alpha value is -1.23. The summed E-state index contributed by atoms with van der Waals surface area (Å²) >= 11 is 0. The van der Waals surface area contributed by atoms with Crippen LogP contribution in [0.5, 0.6) is 0 Å². The lowest BCUT2D eigenvalue weighted by molar-refractivity contribution is -0.120. The molecule has 1 unspecified atom stereocenters. The Labute approximate surface area is 124 Å². The van der Waals surface area contributed by atoms with Crippen LogP contribution >= 0.6 is 0 Å². The fraction of sp³-hybridized carbons (Fsp3) is 0.625. The number of hydrogen-bond donors (Lipinski definition) is 1. The molecule has 0 aliphatic heterocycles. The van der Waals surface area contributed by atoms with E-state index in [0.717, 1.165) is 36.8 Å². The molecule has 0 saturated heterocycles. The highest BCUT2D eigenvalue weighted by Gasteiger charge is 2.38. The number of alkyl halides is 3. The van der Waals surface area contributed by atoms with Gasteiger partial charge in [-0.1, -0.05) is 13.0 Å². The van der Waals surface area contributed by atoms with Crippen LogP contribution < -0.4 is 10.6 Å². The van der Waals surface area contributed by atoms with Crippen molar-refractivity contribution in [2.45, 2.75) is 57.8 Å². The fourth-order valence-corrected chi connectivity index (χ4v) is 2.53. The van der Waals surface area contributed by atoms with Gasteiger partial charge in [0.25, 0.3) is 0 Å². The zero-order valence-electron chi connectivity index (χ0n) is 12.6. The predicted molar refractivity (Wildman–Crippen MR) is 79.6 cm³/mol. The van der Waals surface area contributed by atoms with Gasteiger partial charge < -0.3 is 10.6 Å². The molecule has 0 spiro atoms. The summed E-state index contributed by atoms with van der Waals surface area (Å²) in [5.41, 5.74) is 8.76. The summed E-state index contributed by atoms with van der Waals surface area (Å²) in [6.07, 6.45) is -0.816. The molecular weight excluding hydrogens is 277 g/mol. The van der Waals surface area contributed by atoms with Crippen molar-refractivity contribution in [3.63, 3.8) is 0 Å². The van der Waals surface area contributed by atoms with E-state index in [1.807, 2.05) is 26.0 Å². The molecule has 5 heteroatoms. The lowest BCUT2D eigenvalue weighted by Gasteiger charge is -2.27. The van der Waals surface area contributed by atoms with Gasteiger partial charge in [-0.15, -0.1) is 0 Å². The van der Waals surface area contributed by atoms with E-state index in [1.165, 1.54) is 4.90 Å². The van der Waals surface area contributed by atoms with Crippen LogP contribution in [0.1, 0.15) is 37.3 Å². The molecule has 1 aliphatic rings. The SMILES string of the molecule is CCC(N)Cc1ccc(N(CC(F)(F)F)C2CC2)cc1C. The highest BCUT2D eigenvalue weighted by molar-refractivity contribution is 5.53. The number of halogens is 3. The minimum absolute atomic E-state index is 0.0368. The Kier molecular flexibility index (Phi) is 4.81. The van der Waals surface area contributed by atoms with Crippen molar-refractivity contribution < 1.29 is 13.2 Å². The maximum Gasteiger partial charge on any atom is 0.405 e. The molecule has 0 amide bonds. The fourth-order valence-electron chi connectivity index (χ4n) is 2.53. The molecule has 2 nitrogen and oxygen atoms in total. The van der Waals surface area contributed by atoms with E-state index in [0.29, 0.717) is 5.69 Å². The first kappa shape index (κ1) is 16.1. The van der Waals surface area contributed by atoms with Crippen LogP contribution in [-0.2, 0) is 6.42 Å². The van der Waals surface area contributed by atoms with Crippen LogP contribution in [0.2, 0.25) is 0 Å². The first-order valence-corrected chi connectivity index (χ1v) is 7.48. The predicted octanol–water partition coefficient (Wildman–Crippen LogP) is 3.81. The maximum absolute atomic E-state index is 12.7. The van der Waals surface area contributed by atoms with Crippen LogP contribution in [0, 0.1) is 6.92 Å². The first-order chi connectivity index (χ1) is 9.80. The molecule has 1 aromatic carbocycles. The number of aryl methyl sites for hydroxylation is 1. The van der Waals surface area contributed by atoms with Gasteiger partial charge in [0.2, 0.25) is 0 Å². The summed E-state index contributed by atoms with van der Waals surface area (Å²) in [6, 6.07) is 5.72. The van der Waals surface area contributed by atoms with Gasteiger partial charge in [-0.2, -0.15) is 13.2 Å². The van der Waals surface area contributed by atoms with E-state index in [9.17, 15) is 13.2 Å². The standard InChI is InChI=1S/C16H23F3N2/c1-3-13(20)9-12-4-5-15(8-11(12)2)21(14-6-7-14)10-16(17,18)19/h4-5,8,13-14H,3,6-7,9-10,20H2,1-2H3. The molecule has 1 aliphatic carbocycles. The molecule has 1 atom stereocenters. The number of hydrogen-bond acceptors (Lipinski definition) is 2. The van der Waals surface area contributed by atoms with Crippen LogP contribution in [0.15, 0.2) is 18.2 Å². The molecule has 1 fully saturated rings. The maximum atomic E-state index is 12.7.